The van der Waals surface area contributed by atoms with Crippen molar-refractivity contribution in [2.24, 2.45) is 0 Å². The number of nitrogens with zero attached hydrogens (tertiary/aromatic N) is 1. The molecule has 1 aromatic heterocycles. The monoisotopic (exact) mass is 328 g/mol. The molecule has 0 aliphatic heterocycles. The van der Waals surface area contributed by atoms with Crippen molar-refractivity contribution < 1.29 is 9.47 Å². The highest BCUT2D eigenvalue weighted by Gasteiger charge is 2.11. The second-order valence-electron chi connectivity index (χ2n) is 3.49. The number of rotatable bonds is 5. The van der Waals surface area contributed by atoms with E-state index < -0.39 is 0 Å². The van der Waals surface area contributed by atoms with Crippen molar-refractivity contribution >= 4 is 32.4 Å². The maximum atomic E-state index is 5.39. The van der Waals surface area contributed by atoms with E-state index in [0.29, 0.717) is 12.3 Å². The van der Waals surface area contributed by atoms with Crippen LogP contribution in [0.2, 0.25) is 0 Å². The van der Waals surface area contributed by atoms with Crippen molar-refractivity contribution in [3.8, 4) is 11.5 Å². The molecular formula is C12H13BrN2O2S. The number of benzene rings is 1. The first-order valence-corrected chi connectivity index (χ1v) is 6.95. The molecule has 0 fully saturated rings. The van der Waals surface area contributed by atoms with Gasteiger partial charge in [0.05, 0.1) is 14.2 Å². The number of hydrogen-bond acceptors (Lipinski definition) is 5. The Kier molecular flexibility index (Phi) is 4.43. The van der Waals surface area contributed by atoms with Gasteiger partial charge in [0.1, 0.15) is 0 Å². The molecule has 0 atom stereocenters. The van der Waals surface area contributed by atoms with Gasteiger partial charge in [-0.2, -0.15) is 0 Å². The van der Waals surface area contributed by atoms with Crippen LogP contribution < -0.4 is 14.8 Å². The van der Waals surface area contributed by atoms with E-state index in [-0.39, 0.29) is 0 Å². The minimum Gasteiger partial charge on any atom is -0.493 e. The molecule has 0 unspecified atom stereocenters. The minimum absolute atomic E-state index is 0.631. The van der Waals surface area contributed by atoms with Gasteiger partial charge in [-0.3, -0.25) is 0 Å². The highest BCUT2D eigenvalue weighted by atomic mass is 79.9. The standard InChI is InChI=1S/C12H13BrN2O2S/c1-16-10-6-9(13)5-8(11(10)17-2)7-15-12-14-3-4-18-12/h3-6H,7H2,1-2H3,(H,14,15). The number of thiazole rings is 1. The normalized spacial score (nSPS) is 10.2. The largest absolute Gasteiger partial charge is 0.493 e. The predicted molar refractivity (Wildman–Crippen MR) is 76.7 cm³/mol. The molecule has 0 spiro atoms. The molecule has 1 N–H and O–H groups in total. The fourth-order valence-electron chi connectivity index (χ4n) is 1.62. The minimum atomic E-state index is 0.631. The van der Waals surface area contributed by atoms with Crippen LogP contribution >= 0.6 is 27.3 Å². The number of halogens is 1. The van der Waals surface area contributed by atoms with Gasteiger partial charge in [0.25, 0.3) is 0 Å². The zero-order valence-corrected chi connectivity index (χ0v) is 12.5. The zero-order valence-electron chi connectivity index (χ0n) is 10.1. The van der Waals surface area contributed by atoms with E-state index in [9.17, 15) is 0 Å². The van der Waals surface area contributed by atoms with Crippen molar-refractivity contribution in [1.82, 2.24) is 4.98 Å². The van der Waals surface area contributed by atoms with Crippen LogP contribution in [0, 0.1) is 0 Å². The average molecular weight is 329 g/mol. The quantitative estimate of drug-likeness (QED) is 0.911. The number of aromatic nitrogens is 1. The van der Waals surface area contributed by atoms with E-state index in [1.165, 1.54) is 0 Å². The van der Waals surface area contributed by atoms with Gasteiger partial charge in [0.2, 0.25) is 0 Å². The number of nitrogens with one attached hydrogen (secondary N) is 1. The van der Waals surface area contributed by atoms with Gasteiger partial charge in [0, 0.05) is 28.2 Å². The molecule has 0 aliphatic carbocycles. The summed E-state index contributed by atoms with van der Waals surface area (Å²) in [4.78, 5) is 4.18. The first-order valence-electron chi connectivity index (χ1n) is 5.28. The van der Waals surface area contributed by atoms with Crippen molar-refractivity contribution in [3.05, 3.63) is 33.7 Å². The number of hydrogen-bond donors (Lipinski definition) is 1. The van der Waals surface area contributed by atoms with Crippen LogP contribution in [0.4, 0.5) is 5.13 Å². The third-order valence-corrected chi connectivity index (χ3v) is 3.57. The predicted octanol–water partition coefficient (Wildman–Crippen LogP) is 3.53. The molecular weight excluding hydrogens is 316 g/mol. The molecule has 6 heteroatoms. The Hall–Kier alpha value is -1.27. The molecule has 0 saturated carbocycles. The van der Waals surface area contributed by atoms with E-state index >= 15 is 0 Å². The van der Waals surface area contributed by atoms with E-state index in [2.05, 4.69) is 26.2 Å². The van der Waals surface area contributed by atoms with E-state index in [1.54, 1.807) is 31.8 Å². The molecule has 0 amide bonds. The van der Waals surface area contributed by atoms with Gasteiger partial charge in [-0.25, -0.2) is 4.98 Å². The fourth-order valence-corrected chi connectivity index (χ4v) is 2.63. The Labute approximate surface area is 118 Å². The highest BCUT2D eigenvalue weighted by Crippen LogP contribution is 2.35. The third-order valence-electron chi connectivity index (χ3n) is 2.38. The Morgan fingerprint density at radius 2 is 2.17 bits per heavy atom. The second kappa shape index (κ2) is 6.06. The first kappa shape index (κ1) is 13.2. The number of ether oxygens (including phenoxy) is 2. The smallest absolute Gasteiger partial charge is 0.182 e. The fraction of sp³-hybridized carbons (Fsp3) is 0.250. The average Bonchev–Trinajstić information content (AvgIpc) is 2.88. The van der Waals surface area contributed by atoms with Crippen LogP contribution in [0.25, 0.3) is 0 Å². The molecule has 4 nitrogen and oxygen atoms in total. The summed E-state index contributed by atoms with van der Waals surface area (Å²) in [7, 11) is 3.26. The summed E-state index contributed by atoms with van der Waals surface area (Å²) in [6, 6.07) is 3.88. The Morgan fingerprint density at radius 3 is 2.78 bits per heavy atom. The van der Waals surface area contributed by atoms with Crippen LogP contribution in [0.5, 0.6) is 11.5 Å². The summed E-state index contributed by atoms with van der Waals surface area (Å²) < 4.78 is 11.6. The Bertz CT molecular complexity index is 517. The van der Waals surface area contributed by atoms with Crippen LogP contribution in [0.1, 0.15) is 5.56 Å². The van der Waals surface area contributed by atoms with Crippen LogP contribution in [0.15, 0.2) is 28.2 Å². The zero-order chi connectivity index (χ0) is 13.0. The van der Waals surface area contributed by atoms with E-state index in [4.69, 9.17) is 9.47 Å². The Morgan fingerprint density at radius 1 is 1.33 bits per heavy atom. The van der Waals surface area contributed by atoms with E-state index in [1.807, 2.05) is 17.5 Å². The van der Waals surface area contributed by atoms with Gasteiger partial charge in [-0.05, 0) is 12.1 Å². The number of methoxy groups -OCH3 is 2. The van der Waals surface area contributed by atoms with Gasteiger partial charge in [-0.1, -0.05) is 15.9 Å². The lowest BCUT2D eigenvalue weighted by atomic mass is 10.2. The summed E-state index contributed by atoms with van der Waals surface area (Å²) >= 11 is 5.02. The molecule has 1 aromatic carbocycles. The molecule has 1 heterocycles. The molecule has 0 aliphatic rings. The third kappa shape index (κ3) is 2.94. The van der Waals surface area contributed by atoms with Crippen LogP contribution in [-0.4, -0.2) is 19.2 Å². The molecule has 2 aromatic rings. The SMILES string of the molecule is COc1cc(Br)cc(CNc2nccs2)c1OC. The maximum absolute atomic E-state index is 5.39. The van der Waals surface area contributed by atoms with Crippen LogP contribution in [-0.2, 0) is 6.54 Å². The molecule has 18 heavy (non-hydrogen) atoms. The maximum Gasteiger partial charge on any atom is 0.182 e. The Balaban J connectivity index is 2.23. The summed E-state index contributed by atoms with van der Waals surface area (Å²) in [6.45, 7) is 0.631. The second-order valence-corrected chi connectivity index (χ2v) is 5.30. The van der Waals surface area contributed by atoms with Crippen molar-refractivity contribution in [1.29, 1.82) is 0 Å². The lowest BCUT2D eigenvalue weighted by Crippen LogP contribution is -2.03. The topological polar surface area (TPSA) is 43.4 Å². The summed E-state index contributed by atoms with van der Waals surface area (Å²) in [5.74, 6) is 1.45. The summed E-state index contributed by atoms with van der Waals surface area (Å²) in [5.41, 5.74) is 1.01. The van der Waals surface area contributed by atoms with Crippen molar-refractivity contribution in [3.63, 3.8) is 0 Å². The summed E-state index contributed by atoms with van der Waals surface area (Å²) in [6.07, 6.45) is 1.77. The number of anilines is 1. The molecule has 2 rings (SSSR count). The molecule has 0 bridgehead atoms. The first-order chi connectivity index (χ1) is 8.74. The van der Waals surface area contributed by atoms with Crippen molar-refractivity contribution in [2.75, 3.05) is 19.5 Å². The highest BCUT2D eigenvalue weighted by molar-refractivity contribution is 9.10. The lowest BCUT2D eigenvalue weighted by Gasteiger charge is -2.13. The van der Waals surface area contributed by atoms with Crippen molar-refractivity contribution in [2.45, 2.75) is 6.54 Å². The summed E-state index contributed by atoms with van der Waals surface area (Å²) in [5, 5.41) is 6.06. The molecule has 0 radical (unpaired) electrons. The van der Waals surface area contributed by atoms with Gasteiger partial charge in [-0.15, -0.1) is 11.3 Å². The van der Waals surface area contributed by atoms with Gasteiger partial charge in [0.15, 0.2) is 16.6 Å². The molecule has 0 saturated heterocycles. The van der Waals surface area contributed by atoms with Gasteiger partial charge < -0.3 is 14.8 Å². The lowest BCUT2D eigenvalue weighted by molar-refractivity contribution is 0.352. The van der Waals surface area contributed by atoms with Gasteiger partial charge >= 0.3 is 0 Å². The molecule has 96 valence electrons. The van der Waals surface area contributed by atoms with Crippen LogP contribution in [0.3, 0.4) is 0 Å². The van der Waals surface area contributed by atoms with E-state index in [0.717, 1.165) is 20.9 Å².